The lowest BCUT2D eigenvalue weighted by atomic mass is 9.91. The summed E-state index contributed by atoms with van der Waals surface area (Å²) in [5, 5.41) is 0. The van der Waals surface area contributed by atoms with Crippen LogP contribution in [0.3, 0.4) is 0 Å². The van der Waals surface area contributed by atoms with E-state index in [-0.39, 0.29) is 11.1 Å². The van der Waals surface area contributed by atoms with Crippen LogP contribution in [0.4, 0.5) is 26.3 Å². The number of hydrogen-bond acceptors (Lipinski definition) is 1. The SMILES string of the molecule is CCCCC[Si@H]1CC[C@H](c2ccc(-c3cc(F)c(OCC(F)(F)F)c(F)c3)c(F)c2)CC1. The van der Waals surface area contributed by atoms with E-state index in [1.54, 1.807) is 6.07 Å². The Bertz CT molecular complexity index is 883. The zero-order chi connectivity index (χ0) is 23.3. The van der Waals surface area contributed by atoms with Crippen molar-refractivity contribution in [3.8, 4) is 16.9 Å². The van der Waals surface area contributed by atoms with E-state index in [1.807, 2.05) is 0 Å². The van der Waals surface area contributed by atoms with Gasteiger partial charge in [-0.05, 0) is 48.1 Å². The molecule has 0 spiro atoms. The van der Waals surface area contributed by atoms with Crippen molar-refractivity contribution in [1.82, 2.24) is 0 Å². The van der Waals surface area contributed by atoms with Crippen molar-refractivity contribution < 1.29 is 31.1 Å². The minimum atomic E-state index is -4.73. The molecule has 0 saturated carbocycles. The van der Waals surface area contributed by atoms with Crippen LogP contribution in [-0.4, -0.2) is 21.6 Å². The first-order valence-corrected chi connectivity index (χ1v) is 13.6. The van der Waals surface area contributed by atoms with Gasteiger partial charge in [0.1, 0.15) is 5.82 Å². The van der Waals surface area contributed by atoms with Gasteiger partial charge >= 0.3 is 6.18 Å². The van der Waals surface area contributed by atoms with Crippen LogP contribution >= 0.6 is 0 Å². The Hall–Kier alpha value is -1.96. The Kier molecular flexibility index (Phi) is 8.30. The molecule has 0 bridgehead atoms. The summed E-state index contributed by atoms with van der Waals surface area (Å²) in [7, 11) is -0.684. The number of unbranched alkanes of at least 4 members (excludes halogenated alkanes) is 2. The van der Waals surface area contributed by atoms with Crippen LogP contribution in [0.25, 0.3) is 11.1 Å². The lowest BCUT2D eigenvalue weighted by Gasteiger charge is -2.28. The molecule has 1 aliphatic heterocycles. The molecule has 3 rings (SSSR count). The second-order valence-electron chi connectivity index (χ2n) is 8.63. The molecule has 0 N–H and O–H groups in total. The summed E-state index contributed by atoms with van der Waals surface area (Å²) in [6.07, 6.45) is 1.21. The van der Waals surface area contributed by atoms with E-state index in [4.69, 9.17) is 0 Å². The monoisotopic (exact) mass is 474 g/mol. The van der Waals surface area contributed by atoms with E-state index in [2.05, 4.69) is 11.7 Å². The number of hydrogen-bond donors (Lipinski definition) is 0. The quantitative estimate of drug-likeness (QED) is 0.214. The second-order valence-corrected chi connectivity index (χ2v) is 12.1. The summed E-state index contributed by atoms with van der Waals surface area (Å²) in [6.45, 7) is 0.391. The zero-order valence-corrected chi connectivity index (χ0v) is 19.2. The van der Waals surface area contributed by atoms with Crippen molar-refractivity contribution in [1.29, 1.82) is 0 Å². The van der Waals surface area contributed by atoms with Gasteiger partial charge in [0.25, 0.3) is 0 Å². The lowest BCUT2D eigenvalue weighted by Crippen LogP contribution is -2.20. The lowest BCUT2D eigenvalue weighted by molar-refractivity contribution is -0.154. The van der Waals surface area contributed by atoms with Gasteiger partial charge in [-0.25, -0.2) is 13.2 Å². The van der Waals surface area contributed by atoms with Crippen molar-refractivity contribution in [2.75, 3.05) is 6.61 Å². The summed E-state index contributed by atoms with van der Waals surface area (Å²) in [5.41, 5.74) is 0.797. The van der Waals surface area contributed by atoms with E-state index < -0.39 is 44.8 Å². The highest BCUT2D eigenvalue weighted by molar-refractivity contribution is 6.59. The molecule has 32 heavy (non-hydrogen) atoms. The van der Waals surface area contributed by atoms with E-state index >= 15 is 0 Å². The van der Waals surface area contributed by atoms with Gasteiger partial charge in [-0.15, -0.1) is 0 Å². The summed E-state index contributed by atoms with van der Waals surface area (Å²) in [6, 6.07) is 10.2. The van der Waals surface area contributed by atoms with Crippen molar-refractivity contribution in [2.45, 2.75) is 69.3 Å². The van der Waals surface area contributed by atoms with Gasteiger partial charge in [-0.2, -0.15) is 13.2 Å². The first-order valence-electron chi connectivity index (χ1n) is 11.2. The van der Waals surface area contributed by atoms with Gasteiger partial charge in [-0.3, -0.25) is 0 Å². The van der Waals surface area contributed by atoms with Crippen LogP contribution in [0.5, 0.6) is 5.75 Å². The predicted octanol–water partition coefficient (Wildman–Crippen LogP) is 8.01. The summed E-state index contributed by atoms with van der Waals surface area (Å²) >= 11 is 0. The minimum absolute atomic E-state index is 0.00320. The third kappa shape index (κ3) is 6.53. The highest BCUT2D eigenvalue weighted by Gasteiger charge is 2.30. The molecule has 0 unspecified atom stereocenters. The molecule has 176 valence electrons. The molecule has 8 heteroatoms. The summed E-state index contributed by atoms with van der Waals surface area (Å²) in [4.78, 5) is 0. The fourth-order valence-corrected chi connectivity index (χ4v) is 7.97. The highest BCUT2D eigenvalue weighted by atomic mass is 28.3. The fourth-order valence-electron chi connectivity index (χ4n) is 4.49. The molecule has 1 fully saturated rings. The van der Waals surface area contributed by atoms with E-state index in [1.165, 1.54) is 49.5 Å². The molecular weight excluding hydrogens is 446 g/mol. The molecule has 1 aliphatic rings. The van der Waals surface area contributed by atoms with Crippen LogP contribution in [0.2, 0.25) is 18.1 Å². The summed E-state index contributed by atoms with van der Waals surface area (Å²) < 4.78 is 84.2. The van der Waals surface area contributed by atoms with Crippen molar-refractivity contribution in [2.24, 2.45) is 0 Å². The van der Waals surface area contributed by atoms with Gasteiger partial charge in [0.15, 0.2) is 24.0 Å². The van der Waals surface area contributed by atoms with Gasteiger partial charge in [0.05, 0.1) is 0 Å². The number of halogens is 6. The first-order chi connectivity index (χ1) is 15.2. The fraction of sp³-hybridized carbons (Fsp3) is 0.500. The third-order valence-electron chi connectivity index (χ3n) is 6.22. The van der Waals surface area contributed by atoms with Crippen molar-refractivity contribution in [3.63, 3.8) is 0 Å². The van der Waals surface area contributed by atoms with Gasteiger partial charge in [0, 0.05) is 14.4 Å². The largest absolute Gasteiger partial charge is 0.478 e. The van der Waals surface area contributed by atoms with Crippen LogP contribution in [0.15, 0.2) is 30.3 Å². The Labute approximate surface area is 186 Å². The first kappa shape index (κ1) is 24.7. The Morgan fingerprint density at radius 2 is 1.59 bits per heavy atom. The maximum atomic E-state index is 14.8. The van der Waals surface area contributed by atoms with E-state index in [9.17, 15) is 26.3 Å². The van der Waals surface area contributed by atoms with Gasteiger partial charge in [0.2, 0.25) is 0 Å². The number of alkyl halides is 3. The Morgan fingerprint density at radius 1 is 0.938 bits per heavy atom. The second kappa shape index (κ2) is 10.8. The van der Waals surface area contributed by atoms with Crippen molar-refractivity contribution >= 4 is 8.80 Å². The van der Waals surface area contributed by atoms with Gasteiger partial charge < -0.3 is 4.74 Å². The van der Waals surface area contributed by atoms with Crippen LogP contribution in [-0.2, 0) is 0 Å². The molecule has 0 amide bonds. The van der Waals surface area contributed by atoms with Crippen LogP contribution < -0.4 is 4.74 Å². The molecule has 0 aromatic heterocycles. The van der Waals surface area contributed by atoms with Gasteiger partial charge in [-0.1, -0.05) is 56.5 Å². The third-order valence-corrected chi connectivity index (χ3v) is 9.74. The molecule has 0 atom stereocenters. The zero-order valence-electron chi connectivity index (χ0n) is 18.1. The molecular formula is C24H28F6OSi. The number of benzene rings is 2. The normalized spacial score (nSPS) is 19.2. The van der Waals surface area contributed by atoms with Crippen LogP contribution in [0, 0.1) is 17.5 Å². The standard InChI is InChI=1S/C24H28F6OSi/c1-2-3-4-9-32-10-7-16(8-11-32)17-5-6-19(20(25)12-17)18-13-21(26)23(22(27)14-18)31-15-24(28,29)30/h5-6,12-14,16,32H,2-4,7-11,15H2,1H3/t16-,32-. The van der Waals surface area contributed by atoms with Crippen LogP contribution in [0.1, 0.15) is 50.5 Å². The molecule has 0 radical (unpaired) electrons. The topological polar surface area (TPSA) is 9.23 Å². The minimum Gasteiger partial charge on any atom is -0.478 e. The van der Waals surface area contributed by atoms with Crippen molar-refractivity contribution in [3.05, 3.63) is 53.3 Å². The predicted molar refractivity (Wildman–Crippen MR) is 116 cm³/mol. The molecule has 2 aromatic carbocycles. The van der Waals surface area contributed by atoms with E-state index in [0.29, 0.717) is 5.92 Å². The Balaban J connectivity index is 1.69. The number of rotatable bonds is 8. The Morgan fingerprint density at radius 3 is 2.16 bits per heavy atom. The average molecular weight is 475 g/mol. The van der Waals surface area contributed by atoms with E-state index in [0.717, 1.165) is 30.5 Å². The molecule has 1 heterocycles. The molecule has 1 saturated heterocycles. The molecule has 0 aliphatic carbocycles. The highest BCUT2D eigenvalue weighted by Crippen LogP contribution is 2.37. The molecule has 1 nitrogen and oxygen atoms in total. The maximum Gasteiger partial charge on any atom is 0.422 e. The average Bonchev–Trinajstić information content (AvgIpc) is 2.73. The summed E-state index contributed by atoms with van der Waals surface area (Å²) in [5.74, 6) is -4.05. The maximum absolute atomic E-state index is 14.8. The molecule has 2 aromatic rings. The number of ether oxygens (including phenoxy) is 1. The smallest absolute Gasteiger partial charge is 0.422 e.